The average molecular weight is 542 g/mol. The normalized spacial score (nSPS) is 15.1. The van der Waals surface area contributed by atoms with Gasteiger partial charge in [0.1, 0.15) is 17.6 Å². The minimum Gasteiger partial charge on any atom is -0.497 e. The predicted molar refractivity (Wildman–Crippen MR) is 131 cm³/mol. The molecule has 0 aliphatic carbocycles. The van der Waals surface area contributed by atoms with Gasteiger partial charge < -0.3 is 29.0 Å². The van der Waals surface area contributed by atoms with Crippen LogP contribution in [0.15, 0.2) is 52.1 Å². The summed E-state index contributed by atoms with van der Waals surface area (Å²) >= 11 is 0. The van der Waals surface area contributed by atoms with Crippen LogP contribution in [-0.2, 0) is 0 Å². The largest absolute Gasteiger partial charge is 0.497 e. The molecule has 0 radical (unpaired) electrons. The number of halogens is 1. The highest BCUT2D eigenvalue weighted by Gasteiger charge is 2.25. The van der Waals surface area contributed by atoms with E-state index in [1.165, 1.54) is 6.26 Å². The van der Waals surface area contributed by atoms with E-state index in [4.69, 9.17) is 18.9 Å². The van der Waals surface area contributed by atoms with Crippen molar-refractivity contribution in [1.29, 1.82) is 0 Å². The van der Waals surface area contributed by atoms with Gasteiger partial charge in [0.05, 0.1) is 19.9 Å². The maximum absolute atomic E-state index is 12.4. The molecule has 170 valence electrons. The van der Waals surface area contributed by atoms with Gasteiger partial charge in [-0.05, 0) is 38.1 Å². The number of furan rings is 1. The van der Waals surface area contributed by atoms with E-state index in [9.17, 15) is 4.79 Å². The summed E-state index contributed by atoms with van der Waals surface area (Å²) in [6.07, 6.45) is 1.43. The maximum Gasteiger partial charge on any atom is 0.289 e. The lowest BCUT2D eigenvalue weighted by atomic mass is 10.3. The second-order valence-electron chi connectivity index (χ2n) is 7.06. The summed E-state index contributed by atoms with van der Waals surface area (Å²) in [5.74, 6) is 2.67. The molecule has 1 unspecified atom stereocenters. The van der Waals surface area contributed by atoms with E-state index < -0.39 is 0 Å². The van der Waals surface area contributed by atoms with Gasteiger partial charge in [0.2, 0.25) is 0 Å². The molecule has 31 heavy (non-hydrogen) atoms. The number of guanidine groups is 1. The minimum atomic E-state index is -0.0902. The Hall–Kier alpha value is -2.43. The van der Waals surface area contributed by atoms with Gasteiger partial charge in [-0.3, -0.25) is 4.79 Å². The third-order valence-corrected chi connectivity index (χ3v) is 4.81. The number of piperazine rings is 1. The van der Waals surface area contributed by atoms with Crippen molar-refractivity contribution in [3.05, 3.63) is 48.4 Å². The molecule has 0 bridgehead atoms. The second kappa shape index (κ2) is 12.4. The average Bonchev–Trinajstić information content (AvgIpc) is 3.31. The molecule has 1 aromatic heterocycles. The summed E-state index contributed by atoms with van der Waals surface area (Å²) in [6, 6.07) is 11.0. The SMILES string of the molecule is CCNC(=NCC(C)Oc1cccc(OC)c1)N1CCN(C(=O)c2ccco2)CC1.I. The standard InChI is InChI=1S/C22H30N4O4.HI/c1-4-23-22(24-16-17(2)30-19-8-5-7-18(15-19)28-3)26-12-10-25(11-13-26)21(27)20-9-6-14-29-20;/h5-9,14-15,17H,4,10-13,16H2,1-3H3,(H,23,24);1H. The van der Waals surface area contributed by atoms with E-state index in [-0.39, 0.29) is 36.0 Å². The summed E-state index contributed by atoms with van der Waals surface area (Å²) in [7, 11) is 1.64. The van der Waals surface area contributed by atoms with Gasteiger partial charge in [-0.1, -0.05) is 6.07 Å². The number of ether oxygens (including phenoxy) is 2. The van der Waals surface area contributed by atoms with Crippen molar-refractivity contribution in [2.45, 2.75) is 20.0 Å². The van der Waals surface area contributed by atoms with Crippen LogP contribution in [0.25, 0.3) is 0 Å². The highest BCUT2D eigenvalue weighted by Crippen LogP contribution is 2.20. The van der Waals surface area contributed by atoms with E-state index in [2.05, 4.69) is 10.2 Å². The molecule has 1 fully saturated rings. The number of methoxy groups -OCH3 is 1. The molecule has 3 rings (SSSR count). The van der Waals surface area contributed by atoms with Crippen LogP contribution >= 0.6 is 24.0 Å². The lowest BCUT2D eigenvalue weighted by Crippen LogP contribution is -2.53. The number of hydrogen-bond acceptors (Lipinski definition) is 5. The van der Waals surface area contributed by atoms with Crippen LogP contribution in [0.3, 0.4) is 0 Å². The van der Waals surface area contributed by atoms with Gasteiger partial charge in [-0.2, -0.15) is 0 Å². The molecule has 2 aromatic rings. The highest BCUT2D eigenvalue weighted by molar-refractivity contribution is 14.0. The van der Waals surface area contributed by atoms with Gasteiger partial charge in [0, 0.05) is 38.8 Å². The number of carbonyl (C=O) groups is 1. The number of aliphatic imine (C=N–C) groups is 1. The van der Waals surface area contributed by atoms with Crippen LogP contribution in [0.4, 0.5) is 0 Å². The molecule has 9 heteroatoms. The third kappa shape index (κ3) is 7.05. The Balaban J connectivity index is 0.00000341. The summed E-state index contributed by atoms with van der Waals surface area (Å²) < 4.78 is 16.4. The maximum atomic E-state index is 12.4. The Morgan fingerprint density at radius 3 is 2.52 bits per heavy atom. The number of rotatable bonds is 7. The lowest BCUT2D eigenvalue weighted by Gasteiger charge is -2.36. The van der Waals surface area contributed by atoms with E-state index in [0.29, 0.717) is 38.5 Å². The first kappa shape index (κ1) is 24.8. The molecule has 2 heterocycles. The summed E-state index contributed by atoms with van der Waals surface area (Å²) in [5.41, 5.74) is 0. The molecular formula is C22H31IN4O4. The van der Waals surface area contributed by atoms with Crippen LogP contribution in [0.5, 0.6) is 11.5 Å². The first-order valence-electron chi connectivity index (χ1n) is 10.3. The fourth-order valence-electron chi connectivity index (χ4n) is 3.26. The zero-order valence-electron chi connectivity index (χ0n) is 18.2. The zero-order valence-corrected chi connectivity index (χ0v) is 20.6. The van der Waals surface area contributed by atoms with Crippen molar-refractivity contribution in [2.75, 3.05) is 46.4 Å². The Morgan fingerprint density at radius 1 is 1.16 bits per heavy atom. The monoisotopic (exact) mass is 542 g/mol. The predicted octanol–water partition coefficient (Wildman–Crippen LogP) is 3.10. The molecule has 1 N–H and O–H groups in total. The summed E-state index contributed by atoms with van der Waals surface area (Å²) in [5, 5.41) is 3.34. The molecule has 0 spiro atoms. The van der Waals surface area contributed by atoms with Crippen molar-refractivity contribution in [1.82, 2.24) is 15.1 Å². The fraction of sp³-hybridized carbons (Fsp3) is 0.455. The summed E-state index contributed by atoms with van der Waals surface area (Å²) in [6.45, 7) is 8.00. The van der Waals surface area contributed by atoms with Gasteiger partial charge in [-0.25, -0.2) is 4.99 Å². The molecular weight excluding hydrogens is 511 g/mol. The lowest BCUT2D eigenvalue weighted by molar-refractivity contribution is 0.0657. The smallest absolute Gasteiger partial charge is 0.289 e. The topological polar surface area (TPSA) is 79.5 Å². The van der Waals surface area contributed by atoms with Crippen LogP contribution in [0.1, 0.15) is 24.4 Å². The Kier molecular flexibility index (Phi) is 9.96. The number of amides is 1. The van der Waals surface area contributed by atoms with E-state index in [0.717, 1.165) is 24.0 Å². The number of nitrogens with zero attached hydrogens (tertiary/aromatic N) is 3. The summed E-state index contributed by atoms with van der Waals surface area (Å²) in [4.78, 5) is 21.2. The van der Waals surface area contributed by atoms with Gasteiger partial charge >= 0.3 is 0 Å². The van der Waals surface area contributed by atoms with Crippen LogP contribution < -0.4 is 14.8 Å². The molecule has 1 aliphatic heterocycles. The van der Waals surface area contributed by atoms with Crippen molar-refractivity contribution < 1.29 is 18.7 Å². The Labute approximate surface area is 200 Å². The number of carbonyl (C=O) groups excluding carboxylic acids is 1. The molecule has 1 amide bonds. The molecule has 1 atom stereocenters. The van der Waals surface area contributed by atoms with Gasteiger partial charge in [0.25, 0.3) is 5.91 Å². The molecule has 1 aliphatic rings. The third-order valence-electron chi connectivity index (χ3n) is 4.81. The van der Waals surface area contributed by atoms with Gasteiger partial charge in [-0.15, -0.1) is 24.0 Å². The van der Waals surface area contributed by atoms with Crippen LogP contribution in [0.2, 0.25) is 0 Å². The molecule has 1 saturated heterocycles. The van der Waals surface area contributed by atoms with Crippen molar-refractivity contribution in [2.24, 2.45) is 4.99 Å². The van der Waals surface area contributed by atoms with Crippen molar-refractivity contribution in [3.63, 3.8) is 0 Å². The highest BCUT2D eigenvalue weighted by atomic mass is 127. The van der Waals surface area contributed by atoms with E-state index >= 15 is 0 Å². The zero-order chi connectivity index (χ0) is 21.3. The Morgan fingerprint density at radius 2 is 1.87 bits per heavy atom. The first-order valence-corrected chi connectivity index (χ1v) is 10.3. The Bertz CT molecular complexity index is 836. The fourth-order valence-corrected chi connectivity index (χ4v) is 3.26. The van der Waals surface area contributed by atoms with Crippen LogP contribution in [0, 0.1) is 0 Å². The second-order valence-corrected chi connectivity index (χ2v) is 7.06. The minimum absolute atomic E-state index is 0. The first-order chi connectivity index (χ1) is 14.6. The quantitative estimate of drug-likeness (QED) is 0.329. The number of hydrogen-bond donors (Lipinski definition) is 1. The van der Waals surface area contributed by atoms with Gasteiger partial charge in [0.15, 0.2) is 11.7 Å². The number of nitrogens with one attached hydrogen (secondary N) is 1. The van der Waals surface area contributed by atoms with Crippen molar-refractivity contribution in [3.8, 4) is 11.5 Å². The molecule has 8 nitrogen and oxygen atoms in total. The molecule has 0 saturated carbocycles. The molecule has 1 aromatic carbocycles. The van der Waals surface area contributed by atoms with Crippen molar-refractivity contribution >= 4 is 35.8 Å². The van der Waals surface area contributed by atoms with Crippen LogP contribution in [-0.4, -0.2) is 74.1 Å². The van der Waals surface area contributed by atoms with E-state index in [1.54, 1.807) is 19.2 Å². The van der Waals surface area contributed by atoms with E-state index in [1.807, 2.05) is 43.0 Å². The number of benzene rings is 1.